The van der Waals surface area contributed by atoms with Crippen LogP contribution in [0.5, 0.6) is 0 Å². The fourth-order valence-electron chi connectivity index (χ4n) is 3.69. The third-order valence-corrected chi connectivity index (χ3v) is 5.54. The molecule has 46 heavy (non-hydrogen) atoms. The molecule has 0 aliphatic heterocycles. The summed E-state index contributed by atoms with van der Waals surface area (Å²) in [6.45, 7) is 14.6. The van der Waals surface area contributed by atoms with Crippen LogP contribution < -0.4 is 19.8 Å². The average molecular weight is 779 g/mol. The number of nitrogens with zero attached hydrogens (tertiary/aromatic N) is 2. The SMILES string of the molecule is CC.CC.C[C@@H](Cc1ccccc1)NC(=O)O[CH-][n+]1ccccc1.C[C@@H](Cc1ccccc1)NC(=O)O[CH-][n+]1ccccc1.[Y].[Y]. The first-order chi connectivity index (χ1) is 21.5. The second kappa shape index (κ2) is 29.6. The summed E-state index contributed by atoms with van der Waals surface area (Å²) in [5.41, 5.74) is 2.36. The number of ether oxygens (including phenoxy) is 2. The summed E-state index contributed by atoms with van der Waals surface area (Å²) in [6, 6.07) is 31.3. The maximum absolute atomic E-state index is 11.6. The first-order valence-corrected chi connectivity index (χ1v) is 15.1. The summed E-state index contributed by atoms with van der Waals surface area (Å²) < 4.78 is 13.4. The van der Waals surface area contributed by atoms with E-state index >= 15 is 0 Å². The molecule has 0 saturated heterocycles. The number of carbonyl (C=O) groups excluding carboxylic acids is 2. The predicted molar refractivity (Wildman–Crippen MR) is 174 cm³/mol. The smallest absolute Gasteiger partial charge is 0.404 e. The molecule has 0 fully saturated rings. The molecule has 2 N–H and O–H groups in total. The van der Waals surface area contributed by atoms with Crippen molar-refractivity contribution in [3.05, 3.63) is 146 Å². The normalized spacial score (nSPS) is 10.2. The van der Waals surface area contributed by atoms with Crippen molar-refractivity contribution >= 4 is 12.2 Å². The van der Waals surface area contributed by atoms with E-state index in [1.807, 2.05) is 139 Å². The number of hydrogen-bond acceptors (Lipinski definition) is 4. The van der Waals surface area contributed by atoms with Gasteiger partial charge in [-0.2, -0.15) is 0 Å². The second-order valence-corrected chi connectivity index (χ2v) is 9.14. The standard InChI is InChI=1S/2C16H18N2O2.2C2H6.2Y/c2*1-14(12-15-8-4-2-5-9-15)17-16(19)20-13-18-10-6-3-7-11-18;2*1-2;;/h2*2-11,13-14H,12H2,1H3,(H,17,19);2*1-2H3;;/t2*14-;;;;/m00..../s1. The van der Waals surface area contributed by atoms with Gasteiger partial charge in [-0.25, -0.2) is 9.59 Å². The van der Waals surface area contributed by atoms with Crippen LogP contribution in [0.1, 0.15) is 52.7 Å². The van der Waals surface area contributed by atoms with Crippen LogP contribution in [0.25, 0.3) is 0 Å². The van der Waals surface area contributed by atoms with Crippen molar-refractivity contribution in [1.29, 1.82) is 0 Å². The Labute approximate surface area is 326 Å². The minimum atomic E-state index is -0.454. The van der Waals surface area contributed by atoms with Crippen LogP contribution in [0.2, 0.25) is 0 Å². The first kappa shape index (κ1) is 45.4. The molecular formula is C36H48N4O4Y2. The van der Waals surface area contributed by atoms with Crippen LogP contribution >= 0.6 is 0 Å². The summed E-state index contributed by atoms with van der Waals surface area (Å²) >= 11 is 0. The Kier molecular flexibility index (Phi) is 29.2. The Morgan fingerprint density at radius 2 is 0.848 bits per heavy atom. The molecule has 4 aromatic rings. The number of hydrogen-bond donors (Lipinski definition) is 2. The van der Waals surface area contributed by atoms with Gasteiger partial charge in [0.05, 0.1) is 24.8 Å². The van der Waals surface area contributed by atoms with E-state index in [2.05, 4.69) is 10.6 Å². The van der Waals surface area contributed by atoms with E-state index in [0.717, 1.165) is 12.8 Å². The molecule has 8 nitrogen and oxygen atoms in total. The predicted octanol–water partition coefficient (Wildman–Crippen LogP) is 6.65. The van der Waals surface area contributed by atoms with Gasteiger partial charge in [-0.3, -0.25) is 0 Å². The van der Waals surface area contributed by atoms with Crippen molar-refractivity contribution < 1.29 is 93.6 Å². The Hall–Kier alpha value is -2.77. The zero-order valence-corrected chi connectivity index (χ0v) is 33.6. The Morgan fingerprint density at radius 1 is 0.565 bits per heavy atom. The molecule has 2 atom stereocenters. The molecule has 0 aliphatic rings. The summed E-state index contributed by atoms with van der Waals surface area (Å²) in [4.78, 5) is 23.3. The maximum atomic E-state index is 11.6. The summed E-state index contributed by atoms with van der Waals surface area (Å²) in [5.74, 6) is 0. The average Bonchev–Trinajstić information content (AvgIpc) is 3.07. The van der Waals surface area contributed by atoms with Crippen LogP contribution in [-0.4, -0.2) is 24.3 Å². The molecule has 2 radical (unpaired) electrons. The summed E-state index contributed by atoms with van der Waals surface area (Å²) in [6.07, 6.45) is 7.81. The Balaban J connectivity index is 0. The van der Waals surface area contributed by atoms with Crippen LogP contribution in [0.3, 0.4) is 0 Å². The maximum Gasteiger partial charge on any atom is 0.404 e. The molecule has 0 saturated carbocycles. The third kappa shape index (κ3) is 21.9. The molecule has 4 rings (SSSR count). The first-order valence-electron chi connectivity index (χ1n) is 15.1. The van der Waals surface area contributed by atoms with Crippen molar-refractivity contribution in [3.63, 3.8) is 0 Å². The number of carbonyl (C=O) groups is 2. The Morgan fingerprint density at radius 3 is 1.15 bits per heavy atom. The third-order valence-electron chi connectivity index (χ3n) is 5.54. The topological polar surface area (TPSA) is 84.4 Å². The van der Waals surface area contributed by atoms with E-state index in [9.17, 15) is 9.59 Å². The minimum Gasteiger partial charge on any atom is -0.423 e. The number of alkyl carbamates (subject to hydrolysis) is 2. The quantitative estimate of drug-likeness (QED) is 0.140. The fourth-order valence-corrected chi connectivity index (χ4v) is 3.69. The summed E-state index contributed by atoms with van der Waals surface area (Å²) in [5, 5.41) is 5.59. The molecule has 0 aliphatic carbocycles. The Bertz CT molecular complexity index is 1170. The van der Waals surface area contributed by atoms with Gasteiger partial charge in [0.1, 0.15) is 0 Å². The van der Waals surface area contributed by atoms with Gasteiger partial charge < -0.3 is 29.2 Å². The molecule has 0 unspecified atom stereocenters. The van der Waals surface area contributed by atoms with E-state index in [-0.39, 0.29) is 77.5 Å². The van der Waals surface area contributed by atoms with Gasteiger partial charge in [0.15, 0.2) is 0 Å². The van der Waals surface area contributed by atoms with Crippen molar-refractivity contribution in [2.75, 3.05) is 0 Å². The largest absolute Gasteiger partial charge is 0.423 e. The van der Waals surface area contributed by atoms with Gasteiger partial charge in [-0.05, 0) is 37.8 Å². The van der Waals surface area contributed by atoms with Gasteiger partial charge in [0, 0.05) is 77.5 Å². The number of benzene rings is 2. The molecular weight excluding hydrogens is 730 g/mol. The van der Waals surface area contributed by atoms with Gasteiger partial charge in [0.25, 0.3) is 0 Å². The summed E-state index contributed by atoms with van der Waals surface area (Å²) in [7, 11) is 0. The van der Waals surface area contributed by atoms with Crippen LogP contribution in [0.4, 0.5) is 9.59 Å². The number of amides is 2. The van der Waals surface area contributed by atoms with Crippen molar-refractivity contribution in [2.24, 2.45) is 0 Å². The van der Waals surface area contributed by atoms with Gasteiger partial charge in [-0.1, -0.05) is 125 Å². The second-order valence-electron chi connectivity index (χ2n) is 9.14. The van der Waals surface area contributed by atoms with Crippen molar-refractivity contribution in [3.8, 4) is 0 Å². The number of rotatable bonds is 10. The molecule has 0 bridgehead atoms. The molecule has 10 heteroatoms. The van der Waals surface area contributed by atoms with E-state index in [0.29, 0.717) is 0 Å². The van der Waals surface area contributed by atoms with E-state index in [4.69, 9.17) is 9.47 Å². The zero-order valence-electron chi connectivity index (χ0n) is 28.0. The van der Waals surface area contributed by atoms with Gasteiger partial charge >= 0.3 is 12.2 Å². The van der Waals surface area contributed by atoms with Crippen molar-refractivity contribution in [1.82, 2.24) is 10.6 Å². The van der Waals surface area contributed by atoms with Crippen LogP contribution in [0, 0.1) is 13.5 Å². The molecule has 0 spiro atoms. The monoisotopic (exact) mass is 778 g/mol. The van der Waals surface area contributed by atoms with E-state index in [1.54, 1.807) is 33.9 Å². The van der Waals surface area contributed by atoms with Gasteiger partial charge in [0.2, 0.25) is 13.5 Å². The number of aromatic nitrogens is 2. The minimum absolute atomic E-state index is 0. The van der Waals surface area contributed by atoms with Crippen LogP contribution in [0.15, 0.2) is 122 Å². The molecule has 2 aromatic heterocycles. The van der Waals surface area contributed by atoms with Gasteiger partial charge in [-0.15, -0.1) is 0 Å². The number of nitrogens with one attached hydrogen (secondary N) is 2. The zero-order chi connectivity index (χ0) is 32.4. The fraction of sp³-hybridized carbons (Fsp3) is 0.278. The van der Waals surface area contributed by atoms with Crippen LogP contribution in [-0.2, 0) is 87.7 Å². The van der Waals surface area contributed by atoms with E-state index < -0.39 is 12.2 Å². The number of pyridine rings is 2. The molecule has 2 amide bonds. The van der Waals surface area contributed by atoms with Crippen molar-refractivity contribution in [2.45, 2.75) is 66.5 Å². The van der Waals surface area contributed by atoms with E-state index in [1.165, 1.54) is 24.6 Å². The molecule has 2 heterocycles. The molecule has 242 valence electrons. The molecule has 2 aromatic carbocycles.